The van der Waals surface area contributed by atoms with E-state index in [1.54, 1.807) is 0 Å². The molecule has 0 radical (unpaired) electrons. The van der Waals surface area contributed by atoms with Crippen molar-refractivity contribution in [2.24, 2.45) is 7.05 Å². The van der Waals surface area contributed by atoms with Gasteiger partial charge in [0.25, 0.3) is 0 Å². The Labute approximate surface area is 237 Å². The van der Waals surface area contributed by atoms with E-state index >= 15 is 8.78 Å². The van der Waals surface area contributed by atoms with Crippen LogP contribution in [-0.2, 0) is 7.05 Å². The molecule has 208 valence electrons. The second-order valence-corrected chi connectivity index (χ2v) is 11.5. The number of nitrogens with one attached hydrogen (secondary N) is 1. The third-order valence-electron chi connectivity index (χ3n) is 7.97. The molecule has 0 spiro atoms. The van der Waals surface area contributed by atoms with Crippen LogP contribution in [0.1, 0.15) is 37.4 Å². The van der Waals surface area contributed by atoms with Crippen molar-refractivity contribution in [1.29, 1.82) is 0 Å². The number of thiophene rings is 1. The third kappa shape index (κ3) is 3.86. The van der Waals surface area contributed by atoms with Gasteiger partial charge in [0.1, 0.15) is 34.7 Å². The molecule has 1 aliphatic heterocycles. The van der Waals surface area contributed by atoms with Crippen LogP contribution < -0.4 is 11.1 Å². The first kappa shape index (κ1) is 25.7. The van der Waals surface area contributed by atoms with Gasteiger partial charge in [-0.1, -0.05) is 6.07 Å². The van der Waals surface area contributed by atoms with Crippen LogP contribution in [-0.4, -0.2) is 30.9 Å². The maximum Gasteiger partial charge on any atom is 0.142 e. The van der Waals surface area contributed by atoms with E-state index < -0.39 is 17.5 Å². The summed E-state index contributed by atoms with van der Waals surface area (Å²) in [7, 11) is 1.95. The zero-order valence-corrected chi connectivity index (χ0v) is 23.6. The first-order valence-corrected chi connectivity index (χ1v) is 14.1. The molecule has 11 heteroatoms. The van der Waals surface area contributed by atoms with Crippen molar-refractivity contribution >= 4 is 38.1 Å². The van der Waals surface area contributed by atoms with E-state index in [0.717, 1.165) is 46.8 Å². The molecular weight excluding hydrogens is 547 g/mol. The third-order valence-corrected chi connectivity index (χ3v) is 8.93. The van der Waals surface area contributed by atoms with Gasteiger partial charge in [-0.3, -0.25) is 4.68 Å². The van der Waals surface area contributed by atoms with Crippen LogP contribution in [0.4, 0.5) is 18.9 Å². The van der Waals surface area contributed by atoms with E-state index in [1.165, 1.54) is 16.7 Å². The highest BCUT2D eigenvalue weighted by Gasteiger charge is 2.30. The van der Waals surface area contributed by atoms with Gasteiger partial charge in [-0.2, -0.15) is 5.10 Å². The van der Waals surface area contributed by atoms with Crippen LogP contribution in [0.15, 0.2) is 41.8 Å². The number of hydrogen-bond donors (Lipinski definition) is 2. The highest BCUT2D eigenvalue weighted by molar-refractivity contribution is 7.17. The summed E-state index contributed by atoms with van der Waals surface area (Å²) in [5.74, 6) is -1.41. The van der Waals surface area contributed by atoms with E-state index in [-0.39, 0.29) is 40.0 Å². The predicted octanol–water partition coefficient (Wildman–Crippen LogP) is 6.91. The van der Waals surface area contributed by atoms with Gasteiger partial charge in [-0.15, -0.1) is 11.3 Å². The average molecular weight is 574 g/mol. The molecule has 7 rings (SSSR count). The fourth-order valence-corrected chi connectivity index (χ4v) is 6.70. The number of aryl methyl sites for hydroxylation is 2. The Balaban J connectivity index is 1.59. The van der Waals surface area contributed by atoms with Crippen molar-refractivity contribution in [3.63, 3.8) is 0 Å². The van der Waals surface area contributed by atoms with Crippen LogP contribution >= 0.6 is 11.3 Å². The van der Waals surface area contributed by atoms with E-state index in [1.807, 2.05) is 61.3 Å². The summed E-state index contributed by atoms with van der Waals surface area (Å²) < 4.78 is 49.9. The minimum absolute atomic E-state index is 0.0133. The minimum atomic E-state index is -0.900. The second-order valence-electron chi connectivity index (χ2n) is 10.6. The minimum Gasteiger partial charge on any atom is -0.398 e. The number of hydrogen-bond acceptors (Lipinski definition) is 6. The lowest BCUT2D eigenvalue weighted by Crippen LogP contribution is -2.34. The quantitative estimate of drug-likeness (QED) is 0.225. The molecule has 1 aliphatic rings. The van der Waals surface area contributed by atoms with Crippen LogP contribution in [0.2, 0.25) is 0 Å². The molecule has 0 aliphatic carbocycles. The Bertz CT molecular complexity index is 1970. The molecule has 2 atom stereocenters. The van der Waals surface area contributed by atoms with Crippen LogP contribution in [0.25, 0.3) is 54.9 Å². The highest BCUT2D eigenvalue weighted by Crippen LogP contribution is 2.47. The first-order chi connectivity index (χ1) is 19.6. The van der Waals surface area contributed by atoms with Gasteiger partial charge in [-0.25, -0.2) is 23.1 Å². The maximum absolute atomic E-state index is 15.8. The number of halogens is 3. The largest absolute Gasteiger partial charge is 0.398 e. The predicted molar refractivity (Wildman–Crippen MR) is 156 cm³/mol. The zero-order chi connectivity index (χ0) is 28.7. The topological polar surface area (TPSA) is 86.6 Å². The summed E-state index contributed by atoms with van der Waals surface area (Å²) in [6.45, 7) is 6.73. The van der Waals surface area contributed by atoms with E-state index in [9.17, 15) is 4.39 Å². The number of anilines is 1. The zero-order valence-electron chi connectivity index (χ0n) is 22.8. The van der Waals surface area contributed by atoms with Gasteiger partial charge >= 0.3 is 0 Å². The number of imidazole rings is 1. The van der Waals surface area contributed by atoms with Crippen molar-refractivity contribution in [2.45, 2.75) is 32.9 Å². The lowest BCUT2D eigenvalue weighted by Gasteiger charge is -2.27. The van der Waals surface area contributed by atoms with Crippen LogP contribution in [0.5, 0.6) is 0 Å². The number of nitrogens with two attached hydrogens (primary N) is 1. The average Bonchev–Trinajstić information content (AvgIpc) is 3.62. The Morgan fingerprint density at radius 3 is 2.56 bits per heavy atom. The lowest BCUT2D eigenvalue weighted by molar-refractivity contribution is 0.354. The van der Waals surface area contributed by atoms with E-state index in [2.05, 4.69) is 10.3 Å². The number of benzene rings is 2. The molecule has 7 nitrogen and oxygen atoms in total. The van der Waals surface area contributed by atoms with Gasteiger partial charge in [0.15, 0.2) is 0 Å². The smallest absolute Gasteiger partial charge is 0.142 e. The van der Waals surface area contributed by atoms with E-state index in [0.29, 0.717) is 16.1 Å². The molecule has 0 fully saturated rings. The first-order valence-electron chi connectivity index (χ1n) is 13.2. The number of nitrogens with zero attached hydrogens (tertiary/aromatic N) is 5. The highest BCUT2D eigenvalue weighted by atomic mass is 32.1. The lowest BCUT2D eigenvalue weighted by atomic mass is 9.94. The summed E-state index contributed by atoms with van der Waals surface area (Å²) in [5.41, 5.74) is 10.7. The number of aromatic nitrogens is 5. The van der Waals surface area contributed by atoms with Crippen molar-refractivity contribution < 1.29 is 13.2 Å². The normalized spacial score (nSPS) is 17.0. The molecule has 6 aromatic rings. The summed E-state index contributed by atoms with van der Waals surface area (Å²) in [6, 6.07) is 9.55. The Hall–Kier alpha value is -4.22. The molecule has 5 heterocycles. The molecule has 0 amide bonds. The van der Waals surface area contributed by atoms with Crippen LogP contribution in [0.3, 0.4) is 0 Å². The summed E-state index contributed by atoms with van der Waals surface area (Å²) in [5, 5.41) is 9.86. The van der Waals surface area contributed by atoms with Crippen molar-refractivity contribution in [3.05, 3.63) is 70.7 Å². The van der Waals surface area contributed by atoms with Crippen molar-refractivity contribution in [1.82, 2.24) is 29.6 Å². The molecule has 4 aromatic heterocycles. The molecule has 3 N–H and O–H groups in total. The molecule has 0 saturated heterocycles. The van der Waals surface area contributed by atoms with Gasteiger partial charge < -0.3 is 15.6 Å². The molecule has 0 bridgehead atoms. The number of pyridine rings is 1. The van der Waals surface area contributed by atoms with Gasteiger partial charge in [-0.05, 0) is 45.0 Å². The Morgan fingerprint density at radius 1 is 1.00 bits per heavy atom. The monoisotopic (exact) mass is 573 g/mol. The van der Waals surface area contributed by atoms with Crippen molar-refractivity contribution in [3.8, 4) is 33.8 Å². The van der Waals surface area contributed by atoms with Gasteiger partial charge in [0.2, 0.25) is 0 Å². The Morgan fingerprint density at radius 2 is 1.80 bits per heavy atom. The summed E-state index contributed by atoms with van der Waals surface area (Å²) in [4.78, 5) is 9.72. The maximum atomic E-state index is 15.8. The van der Waals surface area contributed by atoms with Gasteiger partial charge in [0.05, 0.1) is 33.2 Å². The second kappa shape index (κ2) is 9.15. The fraction of sp³-hybridized carbons (Fsp3) is 0.233. The SMILES string of the molecule is Cc1nc2cc(-c3nc(-c4cc5n(n4)[C@@H](C)CN[C@@H]5C)c(-c4c(N)cc(F)cc4F)c4c(F)csc34)ccc2n1C. The molecule has 0 saturated carbocycles. The number of nitrogen functional groups attached to an aromatic ring is 1. The standard InChI is InChI=1S/C30H26F3N7S/c1-13-11-35-14(2)24-10-22(38-40(13)24)29-27(25-18(32)8-17(31)9-20(25)34)26-19(33)12-41-30(26)28(37-29)16-5-6-23-21(7-16)36-15(3)39(23)4/h5-10,12-14,35H,11,34H2,1-4H3/t13-,14+/m0/s1. The summed E-state index contributed by atoms with van der Waals surface area (Å²) in [6.07, 6.45) is 0. The van der Waals surface area contributed by atoms with Crippen molar-refractivity contribution in [2.75, 3.05) is 12.3 Å². The van der Waals surface area contributed by atoms with Crippen LogP contribution in [0, 0.1) is 24.4 Å². The number of rotatable bonds is 3. The number of fused-ring (bicyclic) bond motifs is 3. The molecule has 0 unspecified atom stereocenters. The summed E-state index contributed by atoms with van der Waals surface area (Å²) >= 11 is 1.17. The molecule has 2 aromatic carbocycles. The molecular formula is C30H26F3N7S. The molecule has 41 heavy (non-hydrogen) atoms. The Kier molecular flexibility index (Phi) is 5.74. The fourth-order valence-electron chi connectivity index (χ4n) is 5.77. The van der Waals surface area contributed by atoms with E-state index in [4.69, 9.17) is 15.8 Å². The van der Waals surface area contributed by atoms with Gasteiger partial charge in [0, 0.05) is 58.8 Å².